The number of H-pyrrole nitrogens is 1. The summed E-state index contributed by atoms with van der Waals surface area (Å²) in [6.07, 6.45) is 1.62. The van der Waals surface area contributed by atoms with Gasteiger partial charge in [-0.05, 0) is 13.0 Å². The van der Waals surface area contributed by atoms with Crippen molar-refractivity contribution in [3.63, 3.8) is 0 Å². The molecule has 66 valence electrons. The highest BCUT2D eigenvalue weighted by atomic mass is 15.0. The number of nitrogen functional groups attached to an aromatic ring is 1. The lowest BCUT2D eigenvalue weighted by atomic mass is 10.1. The molecule has 0 bridgehead atoms. The first-order valence-electron chi connectivity index (χ1n) is 4.13. The molecule has 0 aliphatic carbocycles. The van der Waals surface area contributed by atoms with Crippen LogP contribution in [0.15, 0.2) is 30.5 Å². The molecule has 0 saturated heterocycles. The Morgan fingerprint density at radius 3 is 2.85 bits per heavy atom. The lowest BCUT2D eigenvalue weighted by Gasteiger charge is -1.97. The summed E-state index contributed by atoms with van der Waals surface area (Å²) in [6.45, 7) is 2.05. The highest BCUT2D eigenvalue weighted by Gasteiger charge is 2.00. The fourth-order valence-electron chi connectivity index (χ4n) is 1.27. The fraction of sp³-hybridized carbons (Fsp3) is 0.100. The molecule has 3 nitrogen and oxygen atoms in total. The van der Waals surface area contributed by atoms with E-state index in [0.29, 0.717) is 5.82 Å². The van der Waals surface area contributed by atoms with Gasteiger partial charge in [0, 0.05) is 5.56 Å². The number of imidazole rings is 1. The molecule has 0 radical (unpaired) electrons. The van der Waals surface area contributed by atoms with Crippen LogP contribution in [0.1, 0.15) is 5.56 Å². The zero-order valence-corrected chi connectivity index (χ0v) is 7.41. The van der Waals surface area contributed by atoms with Crippen molar-refractivity contribution in [2.24, 2.45) is 0 Å². The maximum Gasteiger partial charge on any atom is 0.138 e. The lowest BCUT2D eigenvalue weighted by molar-refractivity contribution is 1.30. The van der Waals surface area contributed by atoms with Crippen LogP contribution in [0.4, 0.5) is 5.82 Å². The van der Waals surface area contributed by atoms with Gasteiger partial charge in [0.15, 0.2) is 0 Å². The van der Waals surface area contributed by atoms with Crippen LogP contribution in [0.2, 0.25) is 0 Å². The number of aromatic nitrogens is 2. The molecule has 3 N–H and O–H groups in total. The molecule has 3 heteroatoms. The number of aryl methyl sites for hydroxylation is 1. The first-order valence-corrected chi connectivity index (χ1v) is 4.13. The maximum absolute atomic E-state index is 5.54. The summed E-state index contributed by atoms with van der Waals surface area (Å²) in [5.74, 6) is 1.41. The van der Waals surface area contributed by atoms with Gasteiger partial charge in [-0.1, -0.05) is 23.8 Å². The van der Waals surface area contributed by atoms with Crippen molar-refractivity contribution >= 4 is 5.82 Å². The molecule has 0 aliphatic rings. The average molecular weight is 173 g/mol. The number of hydrogen-bond acceptors (Lipinski definition) is 2. The fourth-order valence-corrected chi connectivity index (χ4v) is 1.27. The minimum Gasteiger partial charge on any atom is -0.384 e. The Labute approximate surface area is 76.6 Å². The topological polar surface area (TPSA) is 54.7 Å². The van der Waals surface area contributed by atoms with Gasteiger partial charge in [0.1, 0.15) is 11.6 Å². The number of nitrogens with zero attached hydrogens (tertiary/aromatic N) is 1. The van der Waals surface area contributed by atoms with Gasteiger partial charge in [-0.2, -0.15) is 0 Å². The smallest absolute Gasteiger partial charge is 0.138 e. The van der Waals surface area contributed by atoms with E-state index < -0.39 is 0 Å². The Morgan fingerprint density at radius 2 is 2.23 bits per heavy atom. The van der Waals surface area contributed by atoms with Gasteiger partial charge >= 0.3 is 0 Å². The van der Waals surface area contributed by atoms with Gasteiger partial charge in [0.05, 0.1) is 6.20 Å². The van der Waals surface area contributed by atoms with Crippen molar-refractivity contribution in [1.29, 1.82) is 0 Å². The lowest BCUT2D eigenvalue weighted by Crippen LogP contribution is -1.84. The maximum atomic E-state index is 5.54. The number of aromatic amines is 1. The molecule has 0 atom stereocenters. The molecule has 1 heterocycles. The Kier molecular flexibility index (Phi) is 1.77. The second-order valence-corrected chi connectivity index (χ2v) is 3.06. The SMILES string of the molecule is Cc1cccc(-c2ncc(N)[nH]2)c1. The molecular weight excluding hydrogens is 162 g/mol. The van der Waals surface area contributed by atoms with Crippen molar-refractivity contribution < 1.29 is 0 Å². The van der Waals surface area contributed by atoms with E-state index in [1.807, 2.05) is 12.1 Å². The highest BCUT2D eigenvalue weighted by molar-refractivity contribution is 5.57. The molecule has 0 amide bonds. The quantitative estimate of drug-likeness (QED) is 0.692. The minimum absolute atomic E-state index is 0.594. The van der Waals surface area contributed by atoms with Gasteiger partial charge < -0.3 is 10.7 Å². The van der Waals surface area contributed by atoms with Crippen molar-refractivity contribution in [3.8, 4) is 11.4 Å². The molecule has 0 unspecified atom stereocenters. The van der Waals surface area contributed by atoms with Crippen LogP contribution in [0.25, 0.3) is 11.4 Å². The van der Waals surface area contributed by atoms with Crippen molar-refractivity contribution in [3.05, 3.63) is 36.0 Å². The summed E-state index contributed by atoms with van der Waals surface area (Å²) in [6, 6.07) is 8.13. The molecule has 13 heavy (non-hydrogen) atoms. The third-order valence-electron chi connectivity index (χ3n) is 1.89. The predicted octanol–water partition coefficient (Wildman–Crippen LogP) is 1.97. The Balaban J connectivity index is 2.46. The van der Waals surface area contributed by atoms with E-state index in [-0.39, 0.29) is 0 Å². The summed E-state index contributed by atoms with van der Waals surface area (Å²) in [7, 11) is 0. The number of nitrogens with two attached hydrogens (primary N) is 1. The average Bonchev–Trinajstić information content (AvgIpc) is 2.52. The zero-order valence-electron chi connectivity index (χ0n) is 7.41. The van der Waals surface area contributed by atoms with Crippen LogP contribution in [0.3, 0.4) is 0 Å². The van der Waals surface area contributed by atoms with Crippen LogP contribution in [-0.4, -0.2) is 9.97 Å². The highest BCUT2D eigenvalue weighted by Crippen LogP contribution is 2.16. The van der Waals surface area contributed by atoms with Crippen molar-refractivity contribution in [2.45, 2.75) is 6.92 Å². The molecule has 0 fully saturated rings. The molecule has 1 aromatic carbocycles. The third-order valence-corrected chi connectivity index (χ3v) is 1.89. The van der Waals surface area contributed by atoms with Gasteiger partial charge in [0.25, 0.3) is 0 Å². The number of hydrogen-bond donors (Lipinski definition) is 2. The van der Waals surface area contributed by atoms with Crippen LogP contribution < -0.4 is 5.73 Å². The summed E-state index contributed by atoms with van der Waals surface area (Å²) in [4.78, 5) is 7.13. The summed E-state index contributed by atoms with van der Waals surface area (Å²) >= 11 is 0. The van der Waals surface area contributed by atoms with E-state index in [2.05, 4.69) is 29.0 Å². The second kappa shape index (κ2) is 2.94. The number of rotatable bonds is 1. The monoisotopic (exact) mass is 173 g/mol. The van der Waals surface area contributed by atoms with E-state index in [1.54, 1.807) is 6.20 Å². The largest absolute Gasteiger partial charge is 0.384 e. The van der Waals surface area contributed by atoms with E-state index in [9.17, 15) is 0 Å². The predicted molar refractivity (Wildman–Crippen MR) is 53.2 cm³/mol. The second-order valence-electron chi connectivity index (χ2n) is 3.06. The van der Waals surface area contributed by atoms with Crippen LogP contribution in [-0.2, 0) is 0 Å². The third kappa shape index (κ3) is 1.54. The first-order chi connectivity index (χ1) is 6.25. The molecule has 0 spiro atoms. The molecular formula is C10H11N3. The van der Waals surface area contributed by atoms with Crippen LogP contribution >= 0.6 is 0 Å². The number of benzene rings is 1. The summed E-state index contributed by atoms with van der Waals surface area (Å²) in [5, 5.41) is 0. The first kappa shape index (κ1) is 7.86. The Morgan fingerprint density at radius 1 is 1.38 bits per heavy atom. The van der Waals surface area contributed by atoms with E-state index in [0.717, 1.165) is 11.4 Å². The minimum atomic E-state index is 0.594. The van der Waals surface area contributed by atoms with Gasteiger partial charge in [-0.3, -0.25) is 0 Å². The van der Waals surface area contributed by atoms with Crippen LogP contribution in [0, 0.1) is 6.92 Å². The number of nitrogens with one attached hydrogen (secondary N) is 1. The molecule has 2 rings (SSSR count). The van der Waals surface area contributed by atoms with E-state index in [1.165, 1.54) is 5.56 Å². The standard InChI is InChI=1S/C10H11N3/c1-7-3-2-4-8(5-7)10-12-6-9(11)13-10/h2-6H,11H2,1H3,(H,12,13). The molecule has 0 aliphatic heterocycles. The zero-order chi connectivity index (χ0) is 9.26. The van der Waals surface area contributed by atoms with Gasteiger partial charge in [-0.25, -0.2) is 4.98 Å². The normalized spacial score (nSPS) is 10.2. The Bertz CT molecular complexity index is 418. The van der Waals surface area contributed by atoms with Crippen molar-refractivity contribution in [2.75, 3.05) is 5.73 Å². The number of anilines is 1. The molecule has 2 aromatic rings. The summed E-state index contributed by atoms with van der Waals surface area (Å²) < 4.78 is 0. The van der Waals surface area contributed by atoms with Gasteiger partial charge in [0.2, 0.25) is 0 Å². The Hall–Kier alpha value is -1.77. The van der Waals surface area contributed by atoms with Gasteiger partial charge in [-0.15, -0.1) is 0 Å². The molecule has 0 saturated carbocycles. The van der Waals surface area contributed by atoms with Crippen LogP contribution in [0.5, 0.6) is 0 Å². The molecule has 1 aromatic heterocycles. The van der Waals surface area contributed by atoms with Crippen molar-refractivity contribution in [1.82, 2.24) is 9.97 Å². The van der Waals surface area contributed by atoms with E-state index >= 15 is 0 Å². The summed E-state index contributed by atoms with van der Waals surface area (Å²) in [5.41, 5.74) is 7.82. The van der Waals surface area contributed by atoms with E-state index in [4.69, 9.17) is 5.73 Å².